The Morgan fingerprint density at radius 3 is 2.46 bits per heavy atom. The fourth-order valence-corrected chi connectivity index (χ4v) is 8.00. The first-order chi connectivity index (χ1) is 24.7. The van der Waals surface area contributed by atoms with E-state index in [1.807, 2.05) is 44.2 Å². The maximum Gasteiger partial charge on any atom is 0.265 e. The molecule has 0 saturated heterocycles. The number of hydrogen-bond acceptors (Lipinski definition) is 9. The second kappa shape index (κ2) is 16.2. The Hall–Kier alpha value is -4.90. The number of sulfonamides is 1. The molecule has 0 fully saturated rings. The second-order valence-corrected chi connectivity index (χ2v) is 17.0. The van der Waals surface area contributed by atoms with Gasteiger partial charge in [0.15, 0.2) is 6.10 Å². The minimum atomic E-state index is -3.50. The molecule has 10 nitrogen and oxygen atoms in total. The zero-order valence-corrected chi connectivity index (χ0v) is 32.3. The van der Waals surface area contributed by atoms with Crippen LogP contribution in [-0.4, -0.2) is 37.6 Å². The number of fused-ring (bicyclic) bond motifs is 1. The van der Waals surface area contributed by atoms with Crippen LogP contribution in [0.1, 0.15) is 72.3 Å². The van der Waals surface area contributed by atoms with Crippen LogP contribution in [0, 0.1) is 18.3 Å². The molecule has 1 heterocycles. The van der Waals surface area contributed by atoms with Crippen LogP contribution in [0.5, 0.6) is 5.75 Å². The van der Waals surface area contributed by atoms with E-state index in [4.69, 9.17) is 9.72 Å². The first-order valence-corrected chi connectivity index (χ1v) is 20.3. The van der Waals surface area contributed by atoms with Gasteiger partial charge in [0.2, 0.25) is 10.0 Å². The zero-order valence-electron chi connectivity index (χ0n) is 29.8. The van der Waals surface area contributed by atoms with Gasteiger partial charge in [-0.2, -0.15) is 5.26 Å². The number of carbonyl (C=O) groups excluding carboxylic acids is 2. The fraction of sp³-hybridized carbons (Fsp3) is 0.282. The number of rotatable bonds is 14. The predicted molar refractivity (Wildman–Crippen MR) is 211 cm³/mol. The number of amides is 2. The number of aryl methyl sites for hydroxylation is 1. The standard InChI is InChI=1S/C39H41N5O5S3/c1-7-31(49-32-19-16-24(3)20-28(32)39(4,5)8-2)37(46)42-29-14-9-10-15-33(29)50-35(23-40)38-43-30-18-17-26(22-34(30)51-38)41-36(45)25-12-11-13-27(21-25)44-52(6,47)48/h9-22,31,35,44H,7-8H2,1-6H3,(H,41,45)(H,42,46). The molecular weight excluding hydrogens is 715 g/mol. The highest BCUT2D eigenvalue weighted by Crippen LogP contribution is 2.42. The molecule has 2 atom stereocenters. The Kier molecular flexibility index (Phi) is 11.9. The molecule has 0 aliphatic rings. The molecule has 3 N–H and O–H groups in total. The normalized spacial score (nSPS) is 12.8. The van der Waals surface area contributed by atoms with Crippen molar-refractivity contribution in [2.45, 2.75) is 69.1 Å². The van der Waals surface area contributed by atoms with Crippen LogP contribution in [-0.2, 0) is 20.2 Å². The number of nitrogens with zero attached hydrogens (tertiary/aromatic N) is 2. The SMILES string of the molecule is CCC(Oc1ccc(C)cc1C(C)(C)CC)C(=O)Nc1ccccc1SC(C#N)c1nc2ccc(NC(=O)c3cccc(NS(C)(=O)=O)c3)cc2s1. The Morgan fingerprint density at radius 1 is 0.981 bits per heavy atom. The Labute approximate surface area is 313 Å². The Bertz CT molecular complexity index is 2260. The zero-order chi connectivity index (χ0) is 37.6. The van der Waals surface area contributed by atoms with Crippen LogP contribution >= 0.6 is 23.1 Å². The number of anilines is 3. The quantitative estimate of drug-likeness (QED) is 0.0951. The highest BCUT2D eigenvalue weighted by atomic mass is 32.2. The number of hydrogen-bond donors (Lipinski definition) is 3. The van der Waals surface area contributed by atoms with Crippen molar-refractivity contribution in [2.24, 2.45) is 0 Å². The molecule has 1 aromatic heterocycles. The van der Waals surface area contributed by atoms with Crippen molar-refractivity contribution in [3.8, 4) is 11.8 Å². The maximum atomic E-state index is 13.6. The van der Waals surface area contributed by atoms with Crippen molar-refractivity contribution in [2.75, 3.05) is 21.6 Å². The lowest BCUT2D eigenvalue weighted by atomic mass is 9.81. The average Bonchev–Trinajstić information content (AvgIpc) is 3.53. The summed E-state index contributed by atoms with van der Waals surface area (Å²) in [6.45, 7) is 10.4. The Morgan fingerprint density at radius 2 is 1.75 bits per heavy atom. The van der Waals surface area contributed by atoms with Crippen molar-refractivity contribution in [3.05, 3.63) is 107 Å². The molecule has 5 rings (SSSR count). The fourth-order valence-electron chi connectivity index (χ4n) is 5.36. The summed E-state index contributed by atoms with van der Waals surface area (Å²) in [5.74, 6) is 0.00400. The van der Waals surface area contributed by atoms with Gasteiger partial charge in [-0.05, 0) is 79.8 Å². The monoisotopic (exact) mass is 755 g/mol. The minimum Gasteiger partial charge on any atom is -0.480 e. The molecule has 52 heavy (non-hydrogen) atoms. The van der Waals surface area contributed by atoms with Crippen molar-refractivity contribution in [1.29, 1.82) is 5.26 Å². The summed E-state index contributed by atoms with van der Waals surface area (Å²) >= 11 is 2.63. The van der Waals surface area contributed by atoms with Gasteiger partial charge in [0.25, 0.3) is 11.8 Å². The van der Waals surface area contributed by atoms with Crippen LogP contribution in [0.4, 0.5) is 17.1 Å². The molecule has 0 radical (unpaired) electrons. The van der Waals surface area contributed by atoms with E-state index >= 15 is 0 Å². The third-order valence-corrected chi connectivity index (χ3v) is 11.5. The van der Waals surface area contributed by atoms with E-state index in [1.165, 1.54) is 29.2 Å². The largest absolute Gasteiger partial charge is 0.480 e. The molecule has 0 saturated carbocycles. The van der Waals surface area contributed by atoms with Crippen molar-refractivity contribution in [1.82, 2.24) is 4.98 Å². The summed E-state index contributed by atoms with van der Waals surface area (Å²) in [6.07, 6.45) is 1.68. The van der Waals surface area contributed by atoms with Gasteiger partial charge in [0.05, 0.1) is 28.2 Å². The molecule has 0 aliphatic heterocycles. The molecule has 2 amide bonds. The third-order valence-electron chi connectivity index (χ3n) is 8.50. The first-order valence-electron chi connectivity index (χ1n) is 16.7. The van der Waals surface area contributed by atoms with Gasteiger partial charge in [-0.3, -0.25) is 14.3 Å². The minimum absolute atomic E-state index is 0.130. The molecule has 5 aromatic rings. The van der Waals surface area contributed by atoms with Crippen molar-refractivity contribution < 1.29 is 22.7 Å². The summed E-state index contributed by atoms with van der Waals surface area (Å²) in [5, 5.41) is 16.0. The second-order valence-electron chi connectivity index (χ2n) is 13.0. The van der Waals surface area contributed by atoms with E-state index in [9.17, 15) is 23.3 Å². The van der Waals surface area contributed by atoms with E-state index in [2.05, 4.69) is 48.3 Å². The van der Waals surface area contributed by atoms with Gasteiger partial charge in [0, 0.05) is 27.4 Å². The highest BCUT2D eigenvalue weighted by molar-refractivity contribution is 8.00. The number of carbonyl (C=O) groups is 2. The predicted octanol–water partition coefficient (Wildman–Crippen LogP) is 9.07. The first kappa shape index (κ1) is 38.3. The molecule has 0 spiro atoms. The lowest BCUT2D eigenvalue weighted by Gasteiger charge is -2.28. The summed E-state index contributed by atoms with van der Waals surface area (Å²) < 4.78 is 32.7. The van der Waals surface area contributed by atoms with Crippen LogP contribution in [0.3, 0.4) is 0 Å². The van der Waals surface area contributed by atoms with Gasteiger partial charge in [0.1, 0.15) is 16.0 Å². The van der Waals surface area contributed by atoms with E-state index < -0.39 is 27.3 Å². The number of thioether (sulfide) groups is 1. The molecule has 4 aromatic carbocycles. The third kappa shape index (κ3) is 9.50. The van der Waals surface area contributed by atoms with Gasteiger partial charge in [-0.15, -0.1) is 11.3 Å². The van der Waals surface area contributed by atoms with E-state index in [0.29, 0.717) is 39.0 Å². The molecule has 2 unspecified atom stereocenters. The molecule has 0 aliphatic carbocycles. The number of nitrogens with one attached hydrogen (secondary N) is 3. The topological polar surface area (TPSA) is 150 Å². The smallest absolute Gasteiger partial charge is 0.265 e. The van der Waals surface area contributed by atoms with E-state index in [-0.39, 0.29) is 22.6 Å². The average molecular weight is 756 g/mol. The Balaban J connectivity index is 1.30. The summed E-state index contributed by atoms with van der Waals surface area (Å²) in [4.78, 5) is 32.0. The highest BCUT2D eigenvalue weighted by Gasteiger charge is 2.27. The number of aromatic nitrogens is 1. The number of thiazole rings is 1. The molecule has 270 valence electrons. The number of ether oxygens (including phenoxy) is 1. The summed E-state index contributed by atoms with van der Waals surface area (Å²) in [6, 6.07) is 27.2. The van der Waals surface area contributed by atoms with Crippen LogP contribution in [0.15, 0.2) is 89.8 Å². The lowest BCUT2D eigenvalue weighted by molar-refractivity contribution is -0.122. The van der Waals surface area contributed by atoms with E-state index in [0.717, 1.165) is 28.5 Å². The van der Waals surface area contributed by atoms with Gasteiger partial charge in [-0.25, -0.2) is 13.4 Å². The maximum absolute atomic E-state index is 13.6. The van der Waals surface area contributed by atoms with Crippen molar-refractivity contribution >= 4 is 72.2 Å². The van der Waals surface area contributed by atoms with Gasteiger partial charge >= 0.3 is 0 Å². The van der Waals surface area contributed by atoms with Crippen LogP contribution in [0.25, 0.3) is 10.2 Å². The summed E-state index contributed by atoms with van der Waals surface area (Å²) in [5.41, 5.74) is 4.39. The van der Waals surface area contributed by atoms with Gasteiger partial charge in [-0.1, -0.05) is 75.4 Å². The van der Waals surface area contributed by atoms with E-state index in [1.54, 1.807) is 42.5 Å². The summed E-state index contributed by atoms with van der Waals surface area (Å²) in [7, 11) is -3.50. The molecule has 13 heteroatoms. The number of para-hydroxylation sites is 1. The van der Waals surface area contributed by atoms with Crippen molar-refractivity contribution in [3.63, 3.8) is 0 Å². The molecular formula is C39H41N5O5S3. The lowest BCUT2D eigenvalue weighted by Crippen LogP contribution is -2.33. The van der Waals surface area contributed by atoms with Crippen LogP contribution in [0.2, 0.25) is 0 Å². The van der Waals surface area contributed by atoms with Gasteiger partial charge < -0.3 is 15.4 Å². The number of nitriles is 1. The van der Waals surface area contributed by atoms with Crippen LogP contribution < -0.4 is 20.1 Å². The number of benzene rings is 4. The molecule has 0 bridgehead atoms.